The maximum absolute atomic E-state index is 14.7. The minimum Gasteiger partial charge on any atom is -0.492 e. The molecule has 5 rings (SSSR count). The van der Waals surface area contributed by atoms with Gasteiger partial charge in [-0.05, 0) is 32.0 Å². The third-order valence-electron chi connectivity index (χ3n) is 6.45. The van der Waals surface area contributed by atoms with Crippen molar-refractivity contribution >= 4 is 28.4 Å². The van der Waals surface area contributed by atoms with Crippen LogP contribution in [0.1, 0.15) is 32.9 Å². The SMILES string of the molecule is Cc1nc2cnc(N)c(C#Cc3cncc(C(=O)Nc4ccc(OCCN5CCOCC5)cc4F)c3)c2nc1C. The van der Waals surface area contributed by atoms with Crippen LogP contribution in [0.4, 0.5) is 15.9 Å². The number of aryl methyl sites for hydroxylation is 2. The maximum Gasteiger partial charge on any atom is 0.257 e. The van der Waals surface area contributed by atoms with E-state index >= 15 is 0 Å². The van der Waals surface area contributed by atoms with Crippen molar-refractivity contribution in [2.45, 2.75) is 13.8 Å². The number of halogens is 1. The van der Waals surface area contributed by atoms with Gasteiger partial charge in [-0.2, -0.15) is 0 Å². The predicted molar refractivity (Wildman–Crippen MR) is 149 cm³/mol. The van der Waals surface area contributed by atoms with Crippen molar-refractivity contribution in [3.63, 3.8) is 0 Å². The summed E-state index contributed by atoms with van der Waals surface area (Å²) in [6.07, 6.45) is 4.46. The molecular formula is C29H28FN7O3. The summed E-state index contributed by atoms with van der Waals surface area (Å²) in [6, 6.07) is 5.90. The van der Waals surface area contributed by atoms with E-state index in [-0.39, 0.29) is 17.1 Å². The van der Waals surface area contributed by atoms with Gasteiger partial charge < -0.3 is 20.5 Å². The number of aromatic nitrogens is 4. The van der Waals surface area contributed by atoms with Gasteiger partial charge in [0.1, 0.15) is 35.0 Å². The van der Waals surface area contributed by atoms with Gasteiger partial charge in [0.2, 0.25) is 0 Å². The van der Waals surface area contributed by atoms with E-state index in [1.165, 1.54) is 24.5 Å². The number of amides is 1. The highest BCUT2D eigenvalue weighted by atomic mass is 19.1. The Morgan fingerprint density at radius 3 is 2.73 bits per heavy atom. The van der Waals surface area contributed by atoms with Crippen LogP contribution in [0.2, 0.25) is 0 Å². The van der Waals surface area contributed by atoms with E-state index in [1.807, 2.05) is 13.8 Å². The van der Waals surface area contributed by atoms with Gasteiger partial charge in [0.15, 0.2) is 0 Å². The number of morpholine rings is 1. The van der Waals surface area contributed by atoms with Crippen LogP contribution in [0, 0.1) is 31.5 Å². The van der Waals surface area contributed by atoms with Gasteiger partial charge in [0.05, 0.1) is 47.6 Å². The molecule has 0 saturated carbocycles. The van der Waals surface area contributed by atoms with Gasteiger partial charge in [0.25, 0.3) is 5.91 Å². The van der Waals surface area contributed by atoms with Crippen molar-refractivity contribution in [1.82, 2.24) is 24.8 Å². The number of anilines is 2. The predicted octanol–water partition coefficient (Wildman–Crippen LogP) is 3.12. The van der Waals surface area contributed by atoms with E-state index < -0.39 is 11.7 Å². The van der Waals surface area contributed by atoms with Crippen molar-refractivity contribution in [2.24, 2.45) is 0 Å². The molecular weight excluding hydrogens is 513 g/mol. The van der Waals surface area contributed by atoms with Gasteiger partial charge in [0, 0.05) is 43.7 Å². The Morgan fingerprint density at radius 2 is 1.93 bits per heavy atom. The van der Waals surface area contributed by atoms with Crippen LogP contribution in [0.25, 0.3) is 11.0 Å². The number of pyridine rings is 2. The van der Waals surface area contributed by atoms with E-state index in [4.69, 9.17) is 15.2 Å². The number of hydrogen-bond donors (Lipinski definition) is 2. The summed E-state index contributed by atoms with van der Waals surface area (Å²) < 4.78 is 25.7. The number of ether oxygens (including phenoxy) is 2. The van der Waals surface area contributed by atoms with Gasteiger partial charge in [-0.25, -0.2) is 19.3 Å². The number of fused-ring (bicyclic) bond motifs is 1. The second-order valence-corrected chi connectivity index (χ2v) is 9.26. The zero-order valence-corrected chi connectivity index (χ0v) is 22.2. The van der Waals surface area contributed by atoms with E-state index in [0.29, 0.717) is 47.7 Å². The van der Waals surface area contributed by atoms with Crippen molar-refractivity contribution in [1.29, 1.82) is 0 Å². The fourth-order valence-corrected chi connectivity index (χ4v) is 4.10. The molecule has 10 nitrogen and oxygen atoms in total. The molecule has 1 aliphatic heterocycles. The van der Waals surface area contributed by atoms with Crippen LogP contribution >= 0.6 is 0 Å². The van der Waals surface area contributed by atoms with Crippen LogP contribution in [0.15, 0.2) is 42.9 Å². The molecule has 1 aromatic carbocycles. The first-order valence-corrected chi connectivity index (χ1v) is 12.8. The van der Waals surface area contributed by atoms with Crippen LogP contribution in [-0.4, -0.2) is 70.2 Å². The van der Waals surface area contributed by atoms with Crippen molar-refractivity contribution in [2.75, 3.05) is 50.5 Å². The molecule has 0 unspecified atom stereocenters. The molecule has 4 aromatic rings. The topological polar surface area (TPSA) is 128 Å². The summed E-state index contributed by atoms with van der Waals surface area (Å²) in [6.45, 7) is 8.01. The van der Waals surface area contributed by atoms with Gasteiger partial charge in [-0.3, -0.25) is 14.7 Å². The number of carbonyl (C=O) groups is 1. The molecule has 204 valence electrons. The Hall–Kier alpha value is -4.66. The molecule has 11 heteroatoms. The average molecular weight is 542 g/mol. The Labute approximate surface area is 230 Å². The molecule has 0 radical (unpaired) electrons. The molecule has 1 aliphatic rings. The van der Waals surface area contributed by atoms with E-state index in [9.17, 15) is 9.18 Å². The summed E-state index contributed by atoms with van der Waals surface area (Å²) in [5.41, 5.74) is 9.92. The minimum absolute atomic E-state index is 0.0286. The molecule has 3 aromatic heterocycles. The first kappa shape index (κ1) is 26.9. The summed E-state index contributed by atoms with van der Waals surface area (Å²) in [5, 5.41) is 2.58. The van der Waals surface area contributed by atoms with E-state index in [0.717, 1.165) is 31.0 Å². The average Bonchev–Trinajstić information content (AvgIpc) is 2.95. The Bertz CT molecular complexity index is 1630. The maximum atomic E-state index is 14.7. The molecule has 1 amide bonds. The van der Waals surface area contributed by atoms with Crippen LogP contribution in [0.3, 0.4) is 0 Å². The van der Waals surface area contributed by atoms with Crippen molar-refractivity contribution in [3.8, 4) is 17.6 Å². The highest BCUT2D eigenvalue weighted by Crippen LogP contribution is 2.22. The van der Waals surface area contributed by atoms with Crippen LogP contribution in [-0.2, 0) is 4.74 Å². The number of nitrogens with zero attached hydrogens (tertiary/aromatic N) is 5. The number of hydrogen-bond acceptors (Lipinski definition) is 9. The molecule has 0 spiro atoms. The lowest BCUT2D eigenvalue weighted by molar-refractivity contribution is 0.0322. The van der Waals surface area contributed by atoms with E-state index in [1.54, 1.807) is 18.3 Å². The number of rotatable bonds is 6. The van der Waals surface area contributed by atoms with Crippen molar-refractivity contribution in [3.05, 3.63) is 76.8 Å². The molecule has 40 heavy (non-hydrogen) atoms. The van der Waals surface area contributed by atoms with Gasteiger partial charge in [-0.15, -0.1) is 0 Å². The molecule has 1 saturated heterocycles. The third-order valence-corrected chi connectivity index (χ3v) is 6.45. The smallest absolute Gasteiger partial charge is 0.257 e. The van der Waals surface area contributed by atoms with Crippen LogP contribution < -0.4 is 15.8 Å². The number of benzene rings is 1. The quantitative estimate of drug-likeness (QED) is 0.354. The number of nitrogens with two attached hydrogens (primary N) is 1. The summed E-state index contributed by atoms with van der Waals surface area (Å²) in [7, 11) is 0. The molecule has 0 atom stereocenters. The Kier molecular flexibility index (Phi) is 8.10. The number of carbonyl (C=O) groups excluding carboxylic acids is 1. The minimum atomic E-state index is -0.605. The Morgan fingerprint density at radius 1 is 1.12 bits per heavy atom. The zero-order valence-electron chi connectivity index (χ0n) is 22.2. The second kappa shape index (κ2) is 12.0. The first-order chi connectivity index (χ1) is 19.4. The molecule has 1 fully saturated rings. The number of nitrogens with one attached hydrogen (secondary N) is 1. The monoisotopic (exact) mass is 541 g/mol. The lowest BCUT2D eigenvalue weighted by Gasteiger charge is -2.26. The van der Waals surface area contributed by atoms with Crippen molar-refractivity contribution < 1.29 is 18.7 Å². The third kappa shape index (κ3) is 6.31. The first-order valence-electron chi connectivity index (χ1n) is 12.8. The summed E-state index contributed by atoms with van der Waals surface area (Å²) >= 11 is 0. The van der Waals surface area contributed by atoms with Gasteiger partial charge in [-0.1, -0.05) is 11.8 Å². The standard InChI is InChI=1S/C29H28FN7O3/c1-18-19(2)35-27-23(28(31)33-17-26(27)34-18)5-3-20-13-21(16-32-15-20)29(38)36-25-6-4-22(14-24(25)30)40-12-9-37-7-10-39-11-8-37/h4,6,13-17H,7-12H2,1-2H3,(H2,31,33)(H,36,38). The zero-order chi connectivity index (χ0) is 28.1. The van der Waals surface area contributed by atoms with E-state index in [2.05, 4.69) is 42.0 Å². The van der Waals surface area contributed by atoms with Crippen LogP contribution in [0.5, 0.6) is 5.75 Å². The largest absolute Gasteiger partial charge is 0.492 e. The highest BCUT2D eigenvalue weighted by Gasteiger charge is 2.14. The van der Waals surface area contributed by atoms with Gasteiger partial charge >= 0.3 is 0 Å². The fraction of sp³-hybridized carbons (Fsp3) is 0.276. The second-order valence-electron chi connectivity index (χ2n) is 9.26. The molecule has 0 aliphatic carbocycles. The lowest BCUT2D eigenvalue weighted by atomic mass is 10.1. The molecule has 0 bridgehead atoms. The molecule has 4 heterocycles. The fourth-order valence-electron chi connectivity index (χ4n) is 4.10. The Balaban J connectivity index is 1.26. The summed E-state index contributed by atoms with van der Waals surface area (Å²) in [4.78, 5) is 32.5. The highest BCUT2D eigenvalue weighted by molar-refractivity contribution is 6.04. The number of nitrogen functional groups attached to an aromatic ring is 1. The lowest BCUT2D eigenvalue weighted by Crippen LogP contribution is -2.38. The molecule has 3 N–H and O–H groups in total. The summed E-state index contributed by atoms with van der Waals surface area (Å²) in [5.74, 6) is 5.44. The normalized spacial score (nSPS) is 13.5.